The maximum absolute atomic E-state index is 14.1. The van der Waals surface area contributed by atoms with Crippen molar-refractivity contribution in [3.05, 3.63) is 66.1 Å². The number of carbonyl (C=O) groups excluding carboxylic acids is 1. The second kappa shape index (κ2) is 9.36. The summed E-state index contributed by atoms with van der Waals surface area (Å²) in [5, 5.41) is 23.1. The normalized spacial score (nSPS) is 17.8. The topological polar surface area (TPSA) is 146 Å². The Morgan fingerprint density at radius 1 is 1.03 bits per heavy atom. The minimum absolute atomic E-state index is 0.00693. The fraction of sp³-hybridized carbons (Fsp3) is 0.308. The van der Waals surface area contributed by atoms with E-state index in [2.05, 4.69) is 36.0 Å². The van der Waals surface area contributed by atoms with Gasteiger partial charge in [0.2, 0.25) is 0 Å². The van der Waals surface area contributed by atoms with Crippen molar-refractivity contribution < 1.29 is 19.1 Å². The molecule has 2 saturated carbocycles. The Bertz CT molecular complexity index is 1530. The molecule has 2 aliphatic rings. The largest absolute Gasteiger partial charge is 0.478 e. The number of aromatic nitrogens is 5. The number of carboxylic acid groups (broad SMARTS) is 1. The summed E-state index contributed by atoms with van der Waals surface area (Å²) >= 11 is 0. The van der Waals surface area contributed by atoms with Crippen LogP contribution in [0.4, 0.5) is 27.4 Å². The van der Waals surface area contributed by atoms with Crippen molar-refractivity contribution in [2.75, 3.05) is 16.0 Å². The summed E-state index contributed by atoms with van der Waals surface area (Å²) in [6.07, 6.45) is 12.2. The molecular formula is C26H25FN8O3. The van der Waals surface area contributed by atoms with Crippen LogP contribution in [0.25, 0.3) is 5.65 Å². The number of halogens is 1. The number of amides is 1. The van der Waals surface area contributed by atoms with Crippen molar-refractivity contribution in [1.29, 1.82) is 0 Å². The Kier molecular flexibility index (Phi) is 5.86. The molecule has 11 nitrogen and oxygen atoms in total. The van der Waals surface area contributed by atoms with Gasteiger partial charge in [-0.05, 0) is 42.9 Å². The quantitative estimate of drug-likeness (QED) is 0.279. The average molecular weight is 517 g/mol. The van der Waals surface area contributed by atoms with Crippen LogP contribution in [0.5, 0.6) is 0 Å². The third-order valence-corrected chi connectivity index (χ3v) is 7.36. The number of aromatic carboxylic acids is 1. The van der Waals surface area contributed by atoms with E-state index in [1.807, 2.05) is 0 Å². The average Bonchev–Trinajstić information content (AvgIpc) is 3.35. The number of anilines is 4. The van der Waals surface area contributed by atoms with Gasteiger partial charge in [-0.15, -0.1) is 5.10 Å². The molecule has 0 bridgehead atoms. The molecular weight excluding hydrogens is 491 g/mol. The fourth-order valence-corrected chi connectivity index (χ4v) is 5.22. The van der Waals surface area contributed by atoms with Crippen LogP contribution in [-0.2, 0) is 0 Å². The highest BCUT2D eigenvalue weighted by molar-refractivity contribution is 6.03. The van der Waals surface area contributed by atoms with Crippen LogP contribution in [0.1, 0.15) is 59.4 Å². The molecule has 1 unspecified atom stereocenters. The van der Waals surface area contributed by atoms with Gasteiger partial charge in [-0.2, -0.15) is 0 Å². The molecule has 194 valence electrons. The standard InChI is InChI=1S/C26H25FN8O3/c27-16-13-28-9-6-17(16)32-24(36)19-14-30-23-18(31-21-5-4-15(12-29-21)25(37)38)10-22(34-35(19)23)33-20-11-26(20)7-2-1-3-8-26/h4-6,9-10,12-14,20H,1-3,7-8,11H2,(H,29,31)(H,33,34)(H,37,38)(H,28,32,36). The number of imidazole rings is 1. The third-order valence-electron chi connectivity index (χ3n) is 7.36. The molecule has 6 rings (SSSR count). The van der Waals surface area contributed by atoms with Gasteiger partial charge >= 0.3 is 5.97 Å². The van der Waals surface area contributed by atoms with Crippen molar-refractivity contribution in [1.82, 2.24) is 24.6 Å². The van der Waals surface area contributed by atoms with Gasteiger partial charge in [0.05, 0.1) is 29.3 Å². The van der Waals surface area contributed by atoms with E-state index in [1.165, 1.54) is 67.3 Å². The number of hydrogen-bond donors (Lipinski definition) is 4. The Morgan fingerprint density at radius 2 is 1.87 bits per heavy atom. The summed E-state index contributed by atoms with van der Waals surface area (Å²) in [6, 6.07) is 6.45. The third kappa shape index (κ3) is 4.49. The number of carbonyl (C=O) groups is 2. The van der Waals surface area contributed by atoms with E-state index in [0.717, 1.165) is 12.6 Å². The minimum Gasteiger partial charge on any atom is -0.478 e. The van der Waals surface area contributed by atoms with Gasteiger partial charge in [0.1, 0.15) is 11.6 Å². The zero-order chi connectivity index (χ0) is 26.3. The van der Waals surface area contributed by atoms with Crippen LogP contribution >= 0.6 is 0 Å². The maximum Gasteiger partial charge on any atom is 0.337 e. The molecule has 38 heavy (non-hydrogen) atoms. The summed E-state index contributed by atoms with van der Waals surface area (Å²) in [4.78, 5) is 36.6. The van der Waals surface area contributed by atoms with Gasteiger partial charge in [-0.3, -0.25) is 9.78 Å². The molecule has 12 heteroatoms. The van der Waals surface area contributed by atoms with Crippen molar-refractivity contribution >= 4 is 40.5 Å². The Morgan fingerprint density at radius 3 is 2.61 bits per heavy atom. The van der Waals surface area contributed by atoms with Crippen molar-refractivity contribution in [2.24, 2.45) is 5.41 Å². The SMILES string of the molecule is O=C(O)c1ccc(Nc2cc(NC3CC34CCCCC4)nn3c(C(=O)Nc4ccncc4F)cnc23)nc1. The van der Waals surface area contributed by atoms with Crippen LogP contribution in [0.15, 0.2) is 49.1 Å². The lowest BCUT2D eigenvalue weighted by Gasteiger charge is -2.22. The van der Waals surface area contributed by atoms with Crippen molar-refractivity contribution in [3.8, 4) is 0 Å². The second-order valence-corrected chi connectivity index (χ2v) is 9.82. The summed E-state index contributed by atoms with van der Waals surface area (Å²) in [6.45, 7) is 0. The first-order valence-electron chi connectivity index (χ1n) is 12.4. The number of nitrogens with zero attached hydrogens (tertiary/aromatic N) is 5. The Hall–Kier alpha value is -4.61. The molecule has 0 radical (unpaired) electrons. The van der Waals surface area contributed by atoms with E-state index in [1.54, 1.807) is 12.1 Å². The highest BCUT2D eigenvalue weighted by Crippen LogP contribution is 2.57. The van der Waals surface area contributed by atoms with Gasteiger partial charge in [0.15, 0.2) is 17.2 Å². The lowest BCUT2D eigenvalue weighted by molar-refractivity contribution is 0.0696. The molecule has 4 N–H and O–H groups in total. The minimum atomic E-state index is -1.07. The number of nitrogens with one attached hydrogen (secondary N) is 3. The first kappa shape index (κ1) is 23.8. The van der Waals surface area contributed by atoms with Gasteiger partial charge in [-0.25, -0.2) is 23.7 Å². The molecule has 2 aliphatic carbocycles. The highest BCUT2D eigenvalue weighted by Gasteiger charge is 2.54. The molecule has 4 aromatic heterocycles. The van der Waals surface area contributed by atoms with Crippen LogP contribution in [0, 0.1) is 11.2 Å². The number of carboxylic acids is 1. The van der Waals surface area contributed by atoms with Crippen LogP contribution in [0.2, 0.25) is 0 Å². The smallest absolute Gasteiger partial charge is 0.337 e. The molecule has 1 amide bonds. The molecule has 0 saturated heterocycles. The lowest BCUT2D eigenvalue weighted by Crippen LogP contribution is -2.20. The molecule has 0 aromatic carbocycles. The Labute approximate surface area is 216 Å². The van der Waals surface area contributed by atoms with E-state index in [-0.39, 0.29) is 16.9 Å². The number of fused-ring (bicyclic) bond motifs is 1. The van der Waals surface area contributed by atoms with E-state index in [4.69, 9.17) is 5.11 Å². The molecule has 1 atom stereocenters. The van der Waals surface area contributed by atoms with Crippen LogP contribution in [-0.4, -0.2) is 47.6 Å². The van der Waals surface area contributed by atoms with E-state index >= 15 is 0 Å². The zero-order valence-corrected chi connectivity index (χ0v) is 20.3. The number of rotatable bonds is 7. The fourth-order valence-electron chi connectivity index (χ4n) is 5.22. The summed E-state index contributed by atoms with van der Waals surface area (Å²) in [7, 11) is 0. The summed E-state index contributed by atoms with van der Waals surface area (Å²) in [5.41, 5.74) is 1.33. The van der Waals surface area contributed by atoms with Crippen LogP contribution in [0.3, 0.4) is 0 Å². The molecule has 4 aromatic rings. The summed E-state index contributed by atoms with van der Waals surface area (Å²) in [5.74, 6) is -1.36. The zero-order valence-electron chi connectivity index (χ0n) is 20.3. The predicted octanol–water partition coefficient (Wildman–Crippen LogP) is 4.49. The van der Waals surface area contributed by atoms with E-state index < -0.39 is 17.7 Å². The number of hydrogen-bond acceptors (Lipinski definition) is 8. The summed E-state index contributed by atoms with van der Waals surface area (Å²) < 4.78 is 15.5. The monoisotopic (exact) mass is 516 g/mol. The van der Waals surface area contributed by atoms with Crippen molar-refractivity contribution in [2.45, 2.75) is 44.6 Å². The van der Waals surface area contributed by atoms with Crippen LogP contribution < -0.4 is 16.0 Å². The second-order valence-electron chi connectivity index (χ2n) is 9.82. The number of pyridine rings is 2. The molecule has 1 spiro atoms. The predicted molar refractivity (Wildman–Crippen MR) is 137 cm³/mol. The van der Waals surface area contributed by atoms with Crippen molar-refractivity contribution in [3.63, 3.8) is 0 Å². The molecule has 2 fully saturated rings. The first-order chi connectivity index (χ1) is 18.4. The van der Waals surface area contributed by atoms with E-state index in [9.17, 15) is 14.0 Å². The molecule has 0 aliphatic heterocycles. The van der Waals surface area contributed by atoms with E-state index in [0.29, 0.717) is 34.4 Å². The van der Waals surface area contributed by atoms with Gasteiger partial charge in [0, 0.05) is 24.5 Å². The van der Waals surface area contributed by atoms with Gasteiger partial charge in [-0.1, -0.05) is 19.3 Å². The highest BCUT2D eigenvalue weighted by atomic mass is 19.1. The van der Waals surface area contributed by atoms with Gasteiger partial charge < -0.3 is 21.1 Å². The Balaban J connectivity index is 1.34. The lowest BCUT2D eigenvalue weighted by atomic mass is 9.86. The molecule has 4 heterocycles. The maximum atomic E-state index is 14.1. The van der Waals surface area contributed by atoms with Gasteiger partial charge in [0.25, 0.3) is 5.91 Å². The first-order valence-corrected chi connectivity index (χ1v) is 12.4.